The number of carbonyl (C=O) groups excluding carboxylic acids is 1. The Morgan fingerprint density at radius 2 is 1.46 bits per heavy atom. The lowest BCUT2D eigenvalue weighted by Gasteiger charge is -2.44. The van der Waals surface area contributed by atoms with Gasteiger partial charge in [-0.05, 0) is 56.0 Å². The summed E-state index contributed by atoms with van der Waals surface area (Å²) in [5, 5.41) is 10.6. The molecule has 2 heterocycles. The summed E-state index contributed by atoms with van der Waals surface area (Å²) in [4.78, 5) is 17.1. The first-order chi connectivity index (χ1) is 13.2. The molecule has 2 aromatic rings. The van der Waals surface area contributed by atoms with Gasteiger partial charge in [-0.1, -0.05) is 48.5 Å². The van der Waals surface area contributed by atoms with Gasteiger partial charge in [0.25, 0.3) is 5.91 Å². The summed E-state index contributed by atoms with van der Waals surface area (Å²) in [5.41, 5.74) is 2.15. The van der Waals surface area contributed by atoms with Crippen LogP contribution >= 0.6 is 12.4 Å². The third-order valence-corrected chi connectivity index (χ3v) is 6.12. The second-order valence-electron chi connectivity index (χ2n) is 7.76. The number of likely N-dealkylation sites (tertiary alicyclic amines) is 2. The number of amides is 1. The molecule has 28 heavy (non-hydrogen) atoms. The van der Waals surface area contributed by atoms with Gasteiger partial charge in [0.2, 0.25) is 0 Å². The van der Waals surface area contributed by atoms with E-state index in [4.69, 9.17) is 0 Å². The number of hydrogen-bond donors (Lipinski definition) is 1. The van der Waals surface area contributed by atoms with E-state index in [0.717, 1.165) is 31.5 Å². The van der Waals surface area contributed by atoms with E-state index < -0.39 is 0 Å². The van der Waals surface area contributed by atoms with Gasteiger partial charge in [-0.15, -0.1) is 12.4 Å². The van der Waals surface area contributed by atoms with Crippen LogP contribution in [0.3, 0.4) is 0 Å². The fourth-order valence-electron chi connectivity index (χ4n) is 4.52. The number of aliphatic hydroxyl groups excluding tert-OH is 1. The first kappa shape index (κ1) is 20.8. The third-order valence-electron chi connectivity index (χ3n) is 6.12. The monoisotopic (exact) mass is 400 g/mol. The maximum Gasteiger partial charge on any atom is 0.253 e. The molecule has 2 atom stereocenters. The second-order valence-corrected chi connectivity index (χ2v) is 7.76. The Labute approximate surface area is 173 Å². The number of piperidine rings is 2. The Kier molecular flexibility index (Phi) is 7.11. The number of aliphatic hydroxyl groups is 1. The van der Waals surface area contributed by atoms with E-state index >= 15 is 0 Å². The molecule has 0 unspecified atom stereocenters. The highest BCUT2D eigenvalue weighted by Gasteiger charge is 2.36. The van der Waals surface area contributed by atoms with Crippen molar-refractivity contribution in [3.05, 3.63) is 71.8 Å². The normalized spacial score (nSPS) is 23.8. The molecule has 1 N–H and O–H groups in total. The van der Waals surface area contributed by atoms with Gasteiger partial charge in [0.05, 0.1) is 12.1 Å². The van der Waals surface area contributed by atoms with Crippen LogP contribution in [0.25, 0.3) is 0 Å². The minimum Gasteiger partial charge on any atom is -0.391 e. The topological polar surface area (TPSA) is 43.8 Å². The van der Waals surface area contributed by atoms with Crippen LogP contribution in [0.2, 0.25) is 0 Å². The van der Waals surface area contributed by atoms with Gasteiger partial charge in [-0.25, -0.2) is 0 Å². The molecule has 4 nitrogen and oxygen atoms in total. The molecule has 150 valence electrons. The molecule has 0 saturated carbocycles. The lowest BCUT2D eigenvalue weighted by molar-refractivity contribution is -0.0154. The summed E-state index contributed by atoms with van der Waals surface area (Å²) >= 11 is 0. The van der Waals surface area contributed by atoms with Crippen molar-refractivity contribution in [1.29, 1.82) is 0 Å². The number of rotatable bonds is 3. The van der Waals surface area contributed by atoms with Crippen LogP contribution in [0, 0.1) is 0 Å². The predicted molar refractivity (Wildman–Crippen MR) is 114 cm³/mol. The van der Waals surface area contributed by atoms with Crippen molar-refractivity contribution in [2.45, 2.75) is 37.3 Å². The summed E-state index contributed by atoms with van der Waals surface area (Å²) in [6, 6.07) is 20.2. The van der Waals surface area contributed by atoms with Gasteiger partial charge in [0.1, 0.15) is 0 Å². The van der Waals surface area contributed by atoms with Gasteiger partial charge in [0.15, 0.2) is 0 Å². The van der Waals surface area contributed by atoms with E-state index in [0.29, 0.717) is 25.4 Å². The molecule has 2 fully saturated rings. The smallest absolute Gasteiger partial charge is 0.253 e. The van der Waals surface area contributed by atoms with E-state index in [1.807, 2.05) is 35.2 Å². The first-order valence-electron chi connectivity index (χ1n) is 10.0. The van der Waals surface area contributed by atoms with Crippen molar-refractivity contribution >= 4 is 18.3 Å². The van der Waals surface area contributed by atoms with Crippen molar-refractivity contribution in [2.24, 2.45) is 0 Å². The second kappa shape index (κ2) is 9.55. The van der Waals surface area contributed by atoms with Gasteiger partial charge < -0.3 is 10.0 Å². The number of halogens is 1. The zero-order valence-corrected chi connectivity index (χ0v) is 16.9. The van der Waals surface area contributed by atoms with E-state index in [1.54, 1.807) is 0 Å². The summed E-state index contributed by atoms with van der Waals surface area (Å²) in [6.07, 6.45) is 2.53. The molecular formula is C23H29ClN2O2. The highest BCUT2D eigenvalue weighted by atomic mass is 35.5. The highest BCUT2D eigenvalue weighted by molar-refractivity contribution is 5.94. The van der Waals surface area contributed by atoms with E-state index in [9.17, 15) is 9.90 Å². The van der Waals surface area contributed by atoms with Crippen LogP contribution in [-0.4, -0.2) is 59.1 Å². The fraction of sp³-hybridized carbons (Fsp3) is 0.435. The summed E-state index contributed by atoms with van der Waals surface area (Å²) in [6.45, 7) is 3.21. The molecule has 0 aliphatic carbocycles. The zero-order valence-electron chi connectivity index (χ0n) is 16.1. The Hall–Kier alpha value is -1.88. The maximum absolute atomic E-state index is 12.8. The SMILES string of the molecule is Cl.O=C(c1ccccc1)N1CC[C@@H](O)[C@H](N2CCC(c3ccccc3)CC2)C1. The van der Waals surface area contributed by atoms with Gasteiger partial charge in [0, 0.05) is 18.7 Å². The molecular weight excluding hydrogens is 372 g/mol. The Bertz CT molecular complexity index is 748. The van der Waals surface area contributed by atoms with Crippen LogP contribution < -0.4 is 0 Å². The molecule has 0 radical (unpaired) electrons. The lowest BCUT2D eigenvalue weighted by Crippen LogP contribution is -2.57. The Morgan fingerprint density at radius 1 is 0.857 bits per heavy atom. The lowest BCUT2D eigenvalue weighted by atomic mass is 9.88. The number of nitrogens with zero attached hydrogens (tertiary/aromatic N) is 2. The van der Waals surface area contributed by atoms with Crippen LogP contribution in [0.4, 0.5) is 0 Å². The Balaban J connectivity index is 0.00000225. The van der Waals surface area contributed by atoms with Gasteiger partial charge >= 0.3 is 0 Å². The number of benzene rings is 2. The minimum absolute atomic E-state index is 0. The van der Waals surface area contributed by atoms with Gasteiger partial charge in [-0.2, -0.15) is 0 Å². The molecule has 1 amide bonds. The van der Waals surface area contributed by atoms with Crippen molar-refractivity contribution in [3.63, 3.8) is 0 Å². The first-order valence-corrected chi connectivity index (χ1v) is 10.0. The van der Waals surface area contributed by atoms with Crippen molar-refractivity contribution in [2.75, 3.05) is 26.2 Å². The molecule has 0 spiro atoms. The van der Waals surface area contributed by atoms with Crippen LogP contribution in [0.15, 0.2) is 60.7 Å². The molecule has 0 aromatic heterocycles. The summed E-state index contributed by atoms with van der Waals surface area (Å²) in [5.74, 6) is 0.678. The third kappa shape index (κ3) is 4.57. The van der Waals surface area contributed by atoms with Crippen LogP contribution in [-0.2, 0) is 0 Å². The molecule has 2 aliphatic rings. The number of carbonyl (C=O) groups is 1. The standard InChI is InChI=1S/C23H28N2O2.ClH/c26-22-13-16-25(23(27)20-9-5-2-6-10-20)17-21(22)24-14-11-19(12-15-24)18-7-3-1-4-8-18;/h1-10,19,21-22,26H,11-17H2;1H/t21-,22-;/m1./s1. The van der Waals surface area contributed by atoms with Crippen molar-refractivity contribution < 1.29 is 9.90 Å². The van der Waals surface area contributed by atoms with E-state index in [2.05, 4.69) is 35.2 Å². The number of hydrogen-bond acceptors (Lipinski definition) is 3. The fourth-order valence-corrected chi connectivity index (χ4v) is 4.52. The summed E-state index contributed by atoms with van der Waals surface area (Å²) < 4.78 is 0. The molecule has 2 saturated heterocycles. The zero-order chi connectivity index (χ0) is 18.6. The van der Waals surface area contributed by atoms with Gasteiger partial charge in [-0.3, -0.25) is 9.69 Å². The maximum atomic E-state index is 12.8. The molecule has 2 aliphatic heterocycles. The molecule has 0 bridgehead atoms. The van der Waals surface area contributed by atoms with Crippen LogP contribution in [0.1, 0.15) is 41.1 Å². The summed E-state index contributed by atoms with van der Waals surface area (Å²) in [7, 11) is 0. The average molecular weight is 401 g/mol. The van der Waals surface area contributed by atoms with E-state index in [-0.39, 0.29) is 30.5 Å². The molecule has 4 rings (SSSR count). The largest absolute Gasteiger partial charge is 0.391 e. The van der Waals surface area contributed by atoms with Crippen molar-refractivity contribution in [1.82, 2.24) is 9.80 Å². The molecule has 5 heteroatoms. The minimum atomic E-state index is -0.349. The van der Waals surface area contributed by atoms with E-state index in [1.165, 1.54) is 5.56 Å². The Morgan fingerprint density at radius 3 is 2.11 bits per heavy atom. The highest BCUT2D eigenvalue weighted by Crippen LogP contribution is 2.30. The van der Waals surface area contributed by atoms with Crippen LogP contribution in [0.5, 0.6) is 0 Å². The molecule has 2 aromatic carbocycles. The average Bonchev–Trinajstić information content (AvgIpc) is 2.75. The quantitative estimate of drug-likeness (QED) is 0.856. The predicted octanol–water partition coefficient (Wildman–Crippen LogP) is 3.56. The van der Waals surface area contributed by atoms with Crippen molar-refractivity contribution in [3.8, 4) is 0 Å².